The topological polar surface area (TPSA) is 77.8 Å². The van der Waals surface area contributed by atoms with Gasteiger partial charge in [-0.3, -0.25) is 4.79 Å². The van der Waals surface area contributed by atoms with Gasteiger partial charge in [-0.1, -0.05) is 30.3 Å². The van der Waals surface area contributed by atoms with E-state index in [2.05, 4.69) is 0 Å². The third-order valence-electron chi connectivity index (χ3n) is 2.67. The molecule has 5 nitrogen and oxygen atoms in total. The highest BCUT2D eigenvalue weighted by Gasteiger charge is 2.26. The van der Waals surface area contributed by atoms with E-state index in [0.29, 0.717) is 13.0 Å². The van der Waals surface area contributed by atoms with Crippen LogP contribution < -0.4 is 0 Å². The third-order valence-corrected chi connectivity index (χ3v) is 2.67. The molecule has 0 aliphatic rings. The van der Waals surface area contributed by atoms with Gasteiger partial charge in [-0.25, -0.2) is 0 Å². The zero-order valence-corrected chi connectivity index (χ0v) is 10.2. The van der Waals surface area contributed by atoms with Gasteiger partial charge in [0.25, 0.3) is 5.91 Å². The fourth-order valence-corrected chi connectivity index (χ4v) is 1.50. The molecule has 0 heterocycles. The highest BCUT2D eigenvalue weighted by atomic mass is 16.3. The molecule has 0 bridgehead atoms. The number of carbonyl (C=O) groups excluding carboxylic acids is 2. The standard InChI is InChI=1S/C13H17NO4/c1-14(13(18)12(17)11(16)9-15)8-7-10-5-3-2-4-6-10/h2-6,9,11-12,16-17H,7-8H2,1H3. The number of hydrogen-bond acceptors (Lipinski definition) is 4. The van der Waals surface area contributed by atoms with Crippen molar-refractivity contribution in [1.29, 1.82) is 0 Å². The van der Waals surface area contributed by atoms with Crippen LogP contribution in [0.15, 0.2) is 30.3 Å². The van der Waals surface area contributed by atoms with Crippen LogP contribution in [0.25, 0.3) is 0 Å². The summed E-state index contributed by atoms with van der Waals surface area (Å²) in [5.41, 5.74) is 1.07. The first-order chi connectivity index (χ1) is 8.56. The Bertz CT molecular complexity index is 393. The van der Waals surface area contributed by atoms with Crippen LogP contribution in [0.5, 0.6) is 0 Å². The van der Waals surface area contributed by atoms with Gasteiger partial charge in [0.15, 0.2) is 12.4 Å². The monoisotopic (exact) mass is 251 g/mol. The molecule has 1 amide bonds. The minimum absolute atomic E-state index is 0.146. The van der Waals surface area contributed by atoms with Gasteiger partial charge in [-0.05, 0) is 12.0 Å². The average Bonchev–Trinajstić information content (AvgIpc) is 2.43. The van der Waals surface area contributed by atoms with Crippen LogP contribution in [0.3, 0.4) is 0 Å². The largest absolute Gasteiger partial charge is 0.382 e. The van der Waals surface area contributed by atoms with Gasteiger partial charge in [0.05, 0.1) is 0 Å². The number of benzene rings is 1. The van der Waals surface area contributed by atoms with E-state index in [9.17, 15) is 14.7 Å². The predicted molar refractivity (Wildman–Crippen MR) is 65.9 cm³/mol. The van der Waals surface area contributed by atoms with Crippen LogP contribution in [0.2, 0.25) is 0 Å². The summed E-state index contributed by atoms with van der Waals surface area (Å²) in [5.74, 6) is -0.662. The summed E-state index contributed by atoms with van der Waals surface area (Å²) in [6.07, 6.45) is -2.57. The zero-order chi connectivity index (χ0) is 13.5. The van der Waals surface area contributed by atoms with Crippen molar-refractivity contribution < 1.29 is 19.8 Å². The molecule has 0 fully saturated rings. The number of amides is 1. The SMILES string of the molecule is CN(CCc1ccccc1)C(=O)C(O)C(O)C=O. The van der Waals surface area contributed by atoms with Crippen LogP contribution in [0.1, 0.15) is 5.56 Å². The van der Waals surface area contributed by atoms with Gasteiger partial charge in [-0.15, -0.1) is 0 Å². The Morgan fingerprint density at radius 3 is 2.50 bits per heavy atom. The molecule has 98 valence electrons. The molecule has 0 aromatic heterocycles. The van der Waals surface area contributed by atoms with E-state index >= 15 is 0 Å². The first-order valence-corrected chi connectivity index (χ1v) is 5.66. The number of carbonyl (C=O) groups is 2. The van der Waals surface area contributed by atoms with Crippen LogP contribution in [0, 0.1) is 0 Å². The van der Waals surface area contributed by atoms with Gasteiger partial charge in [0.1, 0.15) is 6.10 Å². The molecule has 2 atom stereocenters. The molecule has 0 saturated carbocycles. The van der Waals surface area contributed by atoms with Crippen molar-refractivity contribution in [1.82, 2.24) is 4.90 Å². The van der Waals surface area contributed by atoms with E-state index in [4.69, 9.17) is 5.11 Å². The normalized spacial score (nSPS) is 13.7. The van der Waals surface area contributed by atoms with E-state index < -0.39 is 18.1 Å². The third kappa shape index (κ3) is 3.94. The minimum Gasteiger partial charge on any atom is -0.382 e. The summed E-state index contributed by atoms with van der Waals surface area (Å²) in [6, 6.07) is 9.59. The Morgan fingerprint density at radius 1 is 1.33 bits per heavy atom. The molecule has 0 radical (unpaired) electrons. The lowest BCUT2D eigenvalue weighted by atomic mass is 10.1. The van der Waals surface area contributed by atoms with Crippen molar-refractivity contribution in [3.05, 3.63) is 35.9 Å². The molecule has 1 aromatic rings. The molecule has 0 saturated heterocycles. The van der Waals surface area contributed by atoms with Crippen molar-refractivity contribution in [3.63, 3.8) is 0 Å². The Balaban J connectivity index is 2.48. The van der Waals surface area contributed by atoms with Crippen molar-refractivity contribution in [2.24, 2.45) is 0 Å². The molecule has 5 heteroatoms. The summed E-state index contributed by atoms with van der Waals surface area (Å²) in [5, 5.41) is 18.4. The second kappa shape index (κ2) is 6.88. The number of aliphatic hydroxyl groups excluding tert-OH is 2. The molecule has 1 aromatic carbocycles. The molecular weight excluding hydrogens is 234 g/mol. The Kier molecular flexibility index (Phi) is 5.48. The van der Waals surface area contributed by atoms with Crippen molar-refractivity contribution in [2.45, 2.75) is 18.6 Å². The van der Waals surface area contributed by atoms with Crippen LogP contribution in [-0.2, 0) is 16.0 Å². The molecule has 2 unspecified atom stereocenters. The number of aliphatic hydroxyl groups is 2. The van der Waals surface area contributed by atoms with Gasteiger partial charge in [0, 0.05) is 13.6 Å². The molecule has 0 aliphatic heterocycles. The van der Waals surface area contributed by atoms with Crippen LogP contribution >= 0.6 is 0 Å². The van der Waals surface area contributed by atoms with E-state index in [1.165, 1.54) is 11.9 Å². The molecule has 2 N–H and O–H groups in total. The maximum atomic E-state index is 11.6. The number of hydrogen-bond donors (Lipinski definition) is 2. The maximum absolute atomic E-state index is 11.6. The van der Waals surface area contributed by atoms with Crippen molar-refractivity contribution in [3.8, 4) is 0 Å². The van der Waals surface area contributed by atoms with Crippen molar-refractivity contribution >= 4 is 12.2 Å². The zero-order valence-electron chi connectivity index (χ0n) is 10.2. The maximum Gasteiger partial charge on any atom is 0.254 e. The number of likely N-dealkylation sites (N-methyl/N-ethyl adjacent to an activating group) is 1. The van der Waals surface area contributed by atoms with Gasteiger partial charge >= 0.3 is 0 Å². The van der Waals surface area contributed by atoms with Crippen LogP contribution in [-0.4, -0.2) is 53.1 Å². The lowest BCUT2D eigenvalue weighted by Crippen LogP contribution is -2.44. The fraction of sp³-hybridized carbons (Fsp3) is 0.385. The number of aldehydes is 1. The first kappa shape index (κ1) is 14.3. The summed E-state index contributed by atoms with van der Waals surface area (Å²) in [6.45, 7) is 0.408. The van der Waals surface area contributed by atoms with E-state index in [0.717, 1.165) is 5.56 Å². The van der Waals surface area contributed by atoms with Gasteiger partial charge in [0.2, 0.25) is 0 Å². The summed E-state index contributed by atoms with van der Waals surface area (Å²) >= 11 is 0. The molecule has 1 rings (SSSR count). The lowest BCUT2D eigenvalue weighted by molar-refractivity contribution is -0.147. The number of rotatable bonds is 6. The molecule has 18 heavy (non-hydrogen) atoms. The highest BCUT2D eigenvalue weighted by Crippen LogP contribution is 2.03. The van der Waals surface area contributed by atoms with Gasteiger partial charge in [-0.2, -0.15) is 0 Å². The van der Waals surface area contributed by atoms with Crippen molar-refractivity contribution in [2.75, 3.05) is 13.6 Å². The molecule has 0 spiro atoms. The fourth-order valence-electron chi connectivity index (χ4n) is 1.50. The summed E-state index contributed by atoms with van der Waals surface area (Å²) < 4.78 is 0. The van der Waals surface area contributed by atoms with E-state index in [1.807, 2.05) is 30.3 Å². The second-order valence-electron chi connectivity index (χ2n) is 4.07. The first-order valence-electron chi connectivity index (χ1n) is 5.66. The molecular formula is C13H17NO4. The Labute approximate surface area is 106 Å². The van der Waals surface area contributed by atoms with E-state index in [-0.39, 0.29) is 6.29 Å². The van der Waals surface area contributed by atoms with Crippen LogP contribution in [0.4, 0.5) is 0 Å². The Hall–Kier alpha value is -1.72. The average molecular weight is 251 g/mol. The predicted octanol–water partition coefficient (Wildman–Crippen LogP) is -0.392. The summed E-state index contributed by atoms with van der Waals surface area (Å²) in [4.78, 5) is 23.2. The second-order valence-corrected chi connectivity index (χ2v) is 4.07. The minimum atomic E-state index is -1.69. The van der Waals surface area contributed by atoms with Gasteiger partial charge < -0.3 is 19.9 Å². The Morgan fingerprint density at radius 2 is 1.94 bits per heavy atom. The smallest absolute Gasteiger partial charge is 0.254 e. The quantitative estimate of drug-likeness (QED) is 0.675. The summed E-state index contributed by atoms with van der Waals surface area (Å²) in [7, 11) is 1.52. The number of nitrogens with zero attached hydrogens (tertiary/aromatic N) is 1. The highest BCUT2D eigenvalue weighted by molar-refractivity contribution is 5.84. The van der Waals surface area contributed by atoms with E-state index in [1.54, 1.807) is 0 Å². The lowest BCUT2D eigenvalue weighted by Gasteiger charge is -2.21. The molecule has 0 aliphatic carbocycles.